The van der Waals surface area contributed by atoms with Gasteiger partial charge >= 0.3 is 6.01 Å². The van der Waals surface area contributed by atoms with Gasteiger partial charge in [-0.15, -0.1) is 0 Å². The van der Waals surface area contributed by atoms with Crippen molar-refractivity contribution in [3.8, 4) is 23.0 Å². The largest absolute Gasteiger partial charge is 0.508 e. The summed E-state index contributed by atoms with van der Waals surface area (Å²) in [7, 11) is 0. The predicted molar refractivity (Wildman–Crippen MR) is 200 cm³/mol. The van der Waals surface area contributed by atoms with Gasteiger partial charge in [-0.25, -0.2) is 13.2 Å². The van der Waals surface area contributed by atoms with Crippen molar-refractivity contribution in [2.75, 3.05) is 44.4 Å². The van der Waals surface area contributed by atoms with Crippen molar-refractivity contribution >= 4 is 27.5 Å². The van der Waals surface area contributed by atoms with Crippen LogP contribution in [0.1, 0.15) is 71.8 Å². The lowest BCUT2D eigenvalue weighted by atomic mass is 9.73. The fourth-order valence-electron chi connectivity index (χ4n) is 9.95. The van der Waals surface area contributed by atoms with E-state index in [9.17, 15) is 10.2 Å². The number of halogens is 3. The fourth-order valence-corrected chi connectivity index (χ4v) is 9.95. The van der Waals surface area contributed by atoms with Crippen LogP contribution in [0, 0.1) is 17.0 Å². The number of aliphatic hydroxyl groups is 1. The first-order valence-electron chi connectivity index (χ1n) is 19.4. The van der Waals surface area contributed by atoms with Crippen LogP contribution in [-0.2, 0) is 15.9 Å². The van der Waals surface area contributed by atoms with Crippen LogP contribution >= 0.6 is 0 Å². The molecule has 4 fully saturated rings. The van der Waals surface area contributed by atoms with E-state index >= 15 is 13.2 Å². The summed E-state index contributed by atoms with van der Waals surface area (Å²) in [4.78, 5) is 18.2. The number of β-amino-alcohol motifs (C(OH)–C–C–N with tert-alkyl or cyclic N) is 1. The Morgan fingerprint density at radius 3 is 2.69 bits per heavy atom. The van der Waals surface area contributed by atoms with Gasteiger partial charge in [0.2, 0.25) is 0 Å². The molecule has 0 radical (unpaired) electrons. The van der Waals surface area contributed by atoms with Gasteiger partial charge in [0.15, 0.2) is 5.82 Å². The number of pyridine rings is 1. The third-order valence-corrected chi connectivity index (χ3v) is 12.1. The molecule has 1 aliphatic carbocycles. The molecule has 3 aliphatic heterocycles. The Morgan fingerprint density at radius 1 is 1.11 bits per heavy atom. The molecule has 0 spiro atoms. The van der Waals surface area contributed by atoms with Crippen molar-refractivity contribution in [2.45, 2.75) is 109 Å². The van der Waals surface area contributed by atoms with Crippen molar-refractivity contribution in [3.05, 3.63) is 47.7 Å². The van der Waals surface area contributed by atoms with Gasteiger partial charge in [0.1, 0.15) is 40.4 Å². The number of alkyl halides is 1. The Morgan fingerprint density at radius 2 is 1.91 bits per heavy atom. The summed E-state index contributed by atoms with van der Waals surface area (Å²) < 4.78 is 66.3. The zero-order valence-corrected chi connectivity index (χ0v) is 31.5. The maximum absolute atomic E-state index is 17.1. The topological polar surface area (TPSA) is 113 Å². The minimum atomic E-state index is -1.22. The number of hydrogen-bond donors (Lipinski definition) is 2. The smallest absolute Gasteiger partial charge is 0.319 e. The molecule has 8 rings (SSSR count). The zero-order chi connectivity index (χ0) is 37.9. The SMILES string of the molecule is CCc1c(F)ccc2cc(O)cc(-c3ncc4c(N5CCOC[C@@](C)(O)C5)nc(OC[C@]56CCC[C@H]5N(C5C[C@@H](C)O[C@@H](C)C5)C[C@@H](F)C6)nc4c3F)c12. The summed E-state index contributed by atoms with van der Waals surface area (Å²) in [6.07, 6.45) is 5.71. The van der Waals surface area contributed by atoms with Crippen molar-refractivity contribution in [3.63, 3.8) is 0 Å². The molecule has 4 aromatic rings. The number of benzene rings is 2. The molecule has 2 aromatic carbocycles. The highest BCUT2D eigenvalue weighted by Crippen LogP contribution is 2.50. The molecule has 1 unspecified atom stereocenters. The third-order valence-electron chi connectivity index (χ3n) is 12.1. The molecule has 54 heavy (non-hydrogen) atoms. The van der Waals surface area contributed by atoms with Gasteiger partial charge in [-0.3, -0.25) is 9.88 Å². The van der Waals surface area contributed by atoms with Gasteiger partial charge in [-0.2, -0.15) is 9.97 Å². The van der Waals surface area contributed by atoms with E-state index in [1.807, 2.05) is 11.8 Å². The van der Waals surface area contributed by atoms with E-state index < -0.39 is 28.8 Å². The maximum atomic E-state index is 17.1. The first kappa shape index (κ1) is 37.2. The number of phenols is 1. The number of aromatic nitrogens is 3. The fraction of sp³-hybridized carbons (Fsp3) is 0.585. The number of likely N-dealkylation sites (tertiary alicyclic amines) is 1. The molecular formula is C41H50F3N5O5. The minimum Gasteiger partial charge on any atom is -0.508 e. The van der Waals surface area contributed by atoms with E-state index in [-0.39, 0.29) is 72.6 Å². The normalized spacial score (nSPS) is 30.8. The lowest BCUT2D eigenvalue weighted by Crippen LogP contribution is -2.60. The number of anilines is 1. The second-order valence-electron chi connectivity index (χ2n) is 16.4. The highest BCUT2D eigenvalue weighted by atomic mass is 19.1. The number of ether oxygens (including phenoxy) is 3. The van der Waals surface area contributed by atoms with Crippen LogP contribution in [0.5, 0.6) is 11.8 Å². The van der Waals surface area contributed by atoms with Gasteiger partial charge < -0.3 is 29.3 Å². The van der Waals surface area contributed by atoms with E-state index in [2.05, 4.69) is 28.7 Å². The Labute approximate surface area is 313 Å². The molecule has 7 atom stereocenters. The standard InChI is InChI=1S/C41H50F3N5O5/c1-5-29-32(43)9-8-25-15-28(50)16-30(34(25)29)36-35(44)37-31(18-45-36)38(48-11-12-52-21-40(4,51)20-48)47-39(46-37)53-22-41-10-6-7-33(41)49(19-26(42)17-41)27-13-23(2)54-24(3)14-27/h8-9,15-16,18,23-24,26-27,33,50-51H,5-7,10-14,17,19-22H2,1-4H3/t23-,24+,26-,27?,33+,40-,41+/m0/s1. The van der Waals surface area contributed by atoms with Crippen LogP contribution in [0.4, 0.5) is 19.0 Å². The Kier molecular flexibility index (Phi) is 9.89. The van der Waals surface area contributed by atoms with E-state index in [0.29, 0.717) is 60.1 Å². The van der Waals surface area contributed by atoms with Gasteiger partial charge in [-0.1, -0.05) is 19.4 Å². The van der Waals surface area contributed by atoms with Gasteiger partial charge in [0.05, 0.1) is 44.0 Å². The Hall–Kier alpha value is -3.78. The highest BCUT2D eigenvalue weighted by molar-refractivity contribution is 6.01. The van der Waals surface area contributed by atoms with Crippen molar-refractivity contribution in [2.24, 2.45) is 5.41 Å². The van der Waals surface area contributed by atoms with E-state index in [1.54, 1.807) is 13.0 Å². The molecule has 2 aromatic heterocycles. The van der Waals surface area contributed by atoms with Gasteiger partial charge in [0, 0.05) is 42.3 Å². The first-order chi connectivity index (χ1) is 25.8. The zero-order valence-electron chi connectivity index (χ0n) is 31.5. The van der Waals surface area contributed by atoms with Gasteiger partial charge in [-0.05, 0) is 93.8 Å². The number of aryl methyl sites for hydroxylation is 1. The summed E-state index contributed by atoms with van der Waals surface area (Å²) in [6.45, 7) is 9.11. The second kappa shape index (κ2) is 14.4. The number of hydrogen-bond acceptors (Lipinski definition) is 10. The van der Waals surface area contributed by atoms with Crippen LogP contribution in [0.2, 0.25) is 0 Å². The summed E-state index contributed by atoms with van der Waals surface area (Å²) in [5.74, 6) is -1.02. The number of fused-ring (bicyclic) bond motifs is 3. The maximum Gasteiger partial charge on any atom is 0.319 e. The molecule has 3 saturated heterocycles. The molecule has 2 N–H and O–H groups in total. The van der Waals surface area contributed by atoms with E-state index in [4.69, 9.17) is 19.2 Å². The molecule has 13 heteroatoms. The Bertz CT molecular complexity index is 2040. The quantitative estimate of drug-likeness (QED) is 0.207. The van der Waals surface area contributed by atoms with Crippen molar-refractivity contribution in [1.29, 1.82) is 0 Å². The molecule has 10 nitrogen and oxygen atoms in total. The molecule has 1 saturated carbocycles. The predicted octanol–water partition coefficient (Wildman–Crippen LogP) is 6.90. The molecular weight excluding hydrogens is 699 g/mol. The van der Waals surface area contributed by atoms with Crippen LogP contribution < -0.4 is 9.64 Å². The van der Waals surface area contributed by atoms with Gasteiger partial charge in [0.25, 0.3) is 0 Å². The van der Waals surface area contributed by atoms with E-state index in [0.717, 1.165) is 32.1 Å². The monoisotopic (exact) mass is 749 g/mol. The molecule has 5 heterocycles. The number of aromatic hydroxyl groups is 1. The average molecular weight is 750 g/mol. The van der Waals surface area contributed by atoms with E-state index in [1.165, 1.54) is 24.4 Å². The lowest BCUT2D eigenvalue weighted by molar-refractivity contribution is -0.110. The number of piperidine rings is 1. The van der Waals surface area contributed by atoms with Crippen molar-refractivity contribution < 1.29 is 37.6 Å². The summed E-state index contributed by atoms with van der Waals surface area (Å²) >= 11 is 0. The number of nitrogens with zero attached hydrogens (tertiary/aromatic N) is 5. The summed E-state index contributed by atoms with van der Waals surface area (Å²) in [6, 6.07) is 6.06. The minimum absolute atomic E-state index is 0.0692. The molecule has 4 aliphatic rings. The molecule has 290 valence electrons. The summed E-state index contributed by atoms with van der Waals surface area (Å²) in [5, 5.41) is 23.1. The van der Waals surface area contributed by atoms with Crippen LogP contribution in [-0.4, -0.2) is 106 Å². The van der Waals surface area contributed by atoms with Crippen LogP contribution in [0.15, 0.2) is 30.5 Å². The second-order valence-corrected chi connectivity index (χ2v) is 16.4. The number of rotatable bonds is 7. The number of phenolic OH excluding ortho intramolecular Hbond substituents is 1. The summed E-state index contributed by atoms with van der Waals surface area (Å²) in [5.41, 5.74) is -1.28. The molecule has 0 bridgehead atoms. The van der Waals surface area contributed by atoms with Crippen LogP contribution in [0.25, 0.3) is 32.9 Å². The lowest BCUT2D eigenvalue weighted by Gasteiger charge is -2.52. The Balaban J connectivity index is 1.22. The third kappa shape index (κ3) is 6.86. The first-order valence-corrected chi connectivity index (χ1v) is 19.4. The highest BCUT2D eigenvalue weighted by Gasteiger charge is 2.53. The van der Waals surface area contributed by atoms with Crippen molar-refractivity contribution in [1.82, 2.24) is 19.9 Å². The average Bonchev–Trinajstić information content (AvgIpc) is 3.45. The van der Waals surface area contributed by atoms with Crippen LogP contribution in [0.3, 0.4) is 0 Å². The molecule has 0 amide bonds.